The highest BCUT2D eigenvalue weighted by Gasteiger charge is 2.15. The zero-order valence-corrected chi connectivity index (χ0v) is 11.6. The number of aromatic nitrogens is 2. The molecule has 1 heterocycles. The monoisotopic (exact) mass is 260 g/mol. The lowest BCUT2D eigenvalue weighted by molar-refractivity contribution is -0.117. The van der Waals surface area contributed by atoms with Gasteiger partial charge in [0.2, 0.25) is 5.91 Å². The Morgan fingerprint density at radius 3 is 2.59 bits per heavy atom. The molecule has 0 saturated carbocycles. The van der Waals surface area contributed by atoms with Gasteiger partial charge < -0.3 is 11.1 Å². The maximum atomic E-state index is 11.5. The molecule has 0 aliphatic rings. The standard InChI is InChI=1S/C11H20N4O.ClH/c1-5-6-15-9(4)10(8(3)14-15)13-11(16)7(2)12;/h7H,5-6,12H2,1-4H3,(H,13,16);1H/t7-;/m1./s1. The lowest BCUT2D eigenvalue weighted by Gasteiger charge is -2.08. The van der Waals surface area contributed by atoms with E-state index in [0.717, 1.165) is 30.0 Å². The Hall–Kier alpha value is -1.07. The predicted molar refractivity (Wildman–Crippen MR) is 71.5 cm³/mol. The first-order chi connectivity index (χ1) is 7.47. The fourth-order valence-corrected chi connectivity index (χ4v) is 1.54. The molecule has 17 heavy (non-hydrogen) atoms. The number of hydrogen-bond acceptors (Lipinski definition) is 3. The molecule has 0 aliphatic heterocycles. The fraction of sp³-hybridized carbons (Fsp3) is 0.636. The first-order valence-electron chi connectivity index (χ1n) is 5.57. The summed E-state index contributed by atoms with van der Waals surface area (Å²) in [6.45, 7) is 8.45. The Morgan fingerprint density at radius 1 is 1.53 bits per heavy atom. The van der Waals surface area contributed by atoms with Gasteiger partial charge in [0.05, 0.1) is 23.1 Å². The molecule has 1 aromatic rings. The third-order valence-corrected chi connectivity index (χ3v) is 2.48. The molecule has 0 radical (unpaired) electrons. The lowest BCUT2D eigenvalue weighted by Crippen LogP contribution is -2.32. The van der Waals surface area contributed by atoms with Crippen molar-refractivity contribution in [2.75, 3.05) is 5.32 Å². The van der Waals surface area contributed by atoms with Crippen LogP contribution in [0.25, 0.3) is 0 Å². The maximum absolute atomic E-state index is 11.5. The van der Waals surface area contributed by atoms with Crippen LogP contribution in [0.2, 0.25) is 0 Å². The van der Waals surface area contributed by atoms with Gasteiger partial charge in [0.15, 0.2) is 0 Å². The number of hydrogen-bond donors (Lipinski definition) is 2. The van der Waals surface area contributed by atoms with Crippen molar-refractivity contribution < 1.29 is 4.79 Å². The molecular weight excluding hydrogens is 240 g/mol. The summed E-state index contributed by atoms with van der Waals surface area (Å²) in [6, 6.07) is -0.506. The van der Waals surface area contributed by atoms with E-state index in [1.54, 1.807) is 6.92 Å². The van der Waals surface area contributed by atoms with Crippen LogP contribution in [0.1, 0.15) is 31.7 Å². The number of amides is 1. The van der Waals surface area contributed by atoms with E-state index in [9.17, 15) is 4.79 Å². The van der Waals surface area contributed by atoms with Crippen LogP contribution < -0.4 is 11.1 Å². The number of halogens is 1. The number of aryl methyl sites for hydroxylation is 2. The summed E-state index contributed by atoms with van der Waals surface area (Å²) in [7, 11) is 0. The van der Waals surface area contributed by atoms with E-state index in [4.69, 9.17) is 5.73 Å². The van der Waals surface area contributed by atoms with E-state index in [0.29, 0.717) is 0 Å². The first kappa shape index (κ1) is 15.9. The second-order valence-electron chi connectivity index (χ2n) is 4.05. The Balaban J connectivity index is 0.00000256. The van der Waals surface area contributed by atoms with E-state index in [1.807, 2.05) is 18.5 Å². The van der Waals surface area contributed by atoms with Crippen molar-refractivity contribution in [3.63, 3.8) is 0 Å². The van der Waals surface area contributed by atoms with E-state index < -0.39 is 6.04 Å². The highest BCUT2D eigenvalue weighted by Crippen LogP contribution is 2.19. The molecule has 0 bridgehead atoms. The predicted octanol–water partition coefficient (Wildman–Crippen LogP) is 1.62. The van der Waals surface area contributed by atoms with Gasteiger partial charge in [0, 0.05) is 6.54 Å². The van der Waals surface area contributed by atoms with Gasteiger partial charge in [-0.25, -0.2) is 0 Å². The molecule has 0 fully saturated rings. The van der Waals surface area contributed by atoms with Crippen LogP contribution in [0, 0.1) is 13.8 Å². The second kappa shape index (κ2) is 6.61. The number of rotatable bonds is 4. The normalized spacial score (nSPS) is 11.8. The van der Waals surface area contributed by atoms with Gasteiger partial charge in [-0.05, 0) is 27.2 Å². The molecule has 1 rings (SSSR count). The Kier molecular flexibility index (Phi) is 6.20. The van der Waals surface area contributed by atoms with Gasteiger partial charge in [-0.2, -0.15) is 5.10 Å². The van der Waals surface area contributed by atoms with Crippen LogP contribution in [0.4, 0.5) is 5.69 Å². The third-order valence-electron chi connectivity index (χ3n) is 2.48. The highest BCUT2D eigenvalue weighted by atomic mass is 35.5. The van der Waals surface area contributed by atoms with Crippen molar-refractivity contribution in [3.05, 3.63) is 11.4 Å². The largest absolute Gasteiger partial charge is 0.322 e. The van der Waals surface area contributed by atoms with Gasteiger partial charge in [0.25, 0.3) is 0 Å². The molecule has 5 nitrogen and oxygen atoms in total. The Bertz CT molecular complexity index is 387. The van der Waals surface area contributed by atoms with Crippen LogP contribution in [-0.4, -0.2) is 21.7 Å². The number of nitrogens with zero attached hydrogens (tertiary/aromatic N) is 2. The zero-order chi connectivity index (χ0) is 12.3. The molecule has 6 heteroatoms. The number of carbonyl (C=O) groups excluding carboxylic acids is 1. The minimum Gasteiger partial charge on any atom is -0.322 e. The van der Waals surface area contributed by atoms with E-state index in [1.165, 1.54) is 0 Å². The molecule has 0 aliphatic carbocycles. The summed E-state index contributed by atoms with van der Waals surface area (Å²) in [5.74, 6) is -0.178. The van der Waals surface area contributed by atoms with Gasteiger partial charge in [-0.3, -0.25) is 9.48 Å². The van der Waals surface area contributed by atoms with Crippen molar-refractivity contribution in [2.24, 2.45) is 5.73 Å². The summed E-state index contributed by atoms with van der Waals surface area (Å²) >= 11 is 0. The van der Waals surface area contributed by atoms with Crippen molar-refractivity contribution in [1.82, 2.24) is 9.78 Å². The van der Waals surface area contributed by atoms with Gasteiger partial charge in [-0.1, -0.05) is 6.92 Å². The summed E-state index contributed by atoms with van der Waals surface area (Å²) in [4.78, 5) is 11.5. The highest BCUT2D eigenvalue weighted by molar-refractivity contribution is 5.95. The van der Waals surface area contributed by atoms with Crippen LogP contribution >= 0.6 is 12.4 Å². The van der Waals surface area contributed by atoms with Crippen molar-refractivity contribution in [3.8, 4) is 0 Å². The quantitative estimate of drug-likeness (QED) is 0.864. The summed E-state index contributed by atoms with van der Waals surface area (Å²) < 4.78 is 1.91. The van der Waals surface area contributed by atoms with E-state index in [2.05, 4.69) is 17.3 Å². The first-order valence-corrected chi connectivity index (χ1v) is 5.57. The lowest BCUT2D eigenvalue weighted by atomic mass is 10.2. The molecule has 1 atom stereocenters. The summed E-state index contributed by atoms with van der Waals surface area (Å²) in [5, 5.41) is 7.18. The van der Waals surface area contributed by atoms with Crippen LogP contribution in [0.15, 0.2) is 0 Å². The molecule has 0 unspecified atom stereocenters. The number of carbonyl (C=O) groups is 1. The third kappa shape index (κ3) is 3.71. The number of anilines is 1. The van der Waals surface area contributed by atoms with Crippen molar-refractivity contribution >= 4 is 24.0 Å². The number of nitrogens with one attached hydrogen (secondary N) is 1. The minimum absolute atomic E-state index is 0. The SMILES string of the molecule is CCCn1nc(C)c(NC(=O)[C@@H](C)N)c1C.Cl. The second-order valence-corrected chi connectivity index (χ2v) is 4.05. The van der Waals surface area contributed by atoms with E-state index >= 15 is 0 Å². The summed E-state index contributed by atoms with van der Waals surface area (Å²) in [6.07, 6.45) is 1.02. The summed E-state index contributed by atoms with van der Waals surface area (Å²) in [5.41, 5.74) is 8.11. The van der Waals surface area contributed by atoms with Crippen molar-refractivity contribution in [2.45, 2.75) is 46.7 Å². The van der Waals surface area contributed by atoms with Crippen LogP contribution in [-0.2, 0) is 11.3 Å². The Labute approximate surface area is 108 Å². The molecule has 3 N–H and O–H groups in total. The van der Waals surface area contributed by atoms with Gasteiger partial charge >= 0.3 is 0 Å². The van der Waals surface area contributed by atoms with Gasteiger partial charge in [0.1, 0.15) is 0 Å². The molecule has 1 amide bonds. The van der Waals surface area contributed by atoms with E-state index in [-0.39, 0.29) is 18.3 Å². The average Bonchev–Trinajstić information content (AvgIpc) is 2.46. The molecule has 0 aromatic carbocycles. The number of nitrogens with two attached hydrogens (primary N) is 1. The average molecular weight is 261 g/mol. The van der Waals surface area contributed by atoms with Crippen molar-refractivity contribution in [1.29, 1.82) is 0 Å². The van der Waals surface area contributed by atoms with Gasteiger partial charge in [-0.15, -0.1) is 12.4 Å². The fourth-order valence-electron chi connectivity index (χ4n) is 1.54. The van der Waals surface area contributed by atoms with Crippen LogP contribution in [0.5, 0.6) is 0 Å². The molecular formula is C11H21ClN4O. The molecule has 1 aromatic heterocycles. The molecule has 98 valence electrons. The zero-order valence-electron chi connectivity index (χ0n) is 10.8. The topological polar surface area (TPSA) is 72.9 Å². The smallest absolute Gasteiger partial charge is 0.241 e. The molecule has 0 spiro atoms. The minimum atomic E-state index is -0.506. The Morgan fingerprint density at radius 2 is 2.12 bits per heavy atom. The maximum Gasteiger partial charge on any atom is 0.241 e. The molecule has 0 saturated heterocycles. The van der Waals surface area contributed by atoms with Crippen LogP contribution in [0.3, 0.4) is 0 Å².